The molecular weight excluding hydrogens is 468 g/mol. The fourth-order valence-electron chi connectivity index (χ4n) is 3.20. The smallest absolute Gasteiger partial charge is 0.273 e. The maximum atomic E-state index is 14.0. The Labute approximate surface area is 186 Å². The van der Waals surface area contributed by atoms with Crippen molar-refractivity contribution >= 4 is 38.9 Å². The Morgan fingerprint density at radius 3 is 2.39 bits per heavy atom. The minimum atomic E-state index is -4.21. The average Bonchev–Trinajstić information content (AvgIpc) is 3.25. The van der Waals surface area contributed by atoms with Crippen molar-refractivity contribution in [3.8, 4) is 10.6 Å². The van der Waals surface area contributed by atoms with E-state index in [2.05, 4.69) is 4.98 Å². The van der Waals surface area contributed by atoms with Crippen LogP contribution < -0.4 is 0 Å². The second-order valence-electron chi connectivity index (χ2n) is 6.82. The highest BCUT2D eigenvalue weighted by molar-refractivity contribution is 7.89. The maximum Gasteiger partial charge on any atom is 0.273 e. The highest BCUT2D eigenvalue weighted by atomic mass is 35.5. The number of amides is 1. The number of hydrogen-bond acceptors (Lipinski definition) is 5. The number of halogens is 3. The Balaban J connectivity index is 1.45. The van der Waals surface area contributed by atoms with Crippen LogP contribution in [0.1, 0.15) is 10.5 Å². The molecule has 4 rings (SSSR count). The molecule has 0 radical (unpaired) electrons. The van der Waals surface area contributed by atoms with Gasteiger partial charge in [-0.2, -0.15) is 4.31 Å². The molecule has 1 fully saturated rings. The molecule has 2 heterocycles. The Hall–Kier alpha value is -2.40. The molecule has 3 aromatic rings. The van der Waals surface area contributed by atoms with Gasteiger partial charge in [0.1, 0.15) is 27.2 Å². The molecule has 2 aromatic carbocycles. The molecule has 1 aromatic heterocycles. The van der Waals surface area contributed by atoms with Gasteiger partial charge in [-0.1, -0.05) is 23.7 Å². The zero-order valence-electron chi connectivity index (χ0n) is 16.0. The van der Waals surface area contributed by atoms with E-state index in [0.717, 1.165) is 22.0 Å². The van der Waals surface area contributed by atoms with Gasteiger partial charge in [0.25, 0.3) is 5.91 Å². The normalized spacial score (nSPS) is 15.3. The summed E-state index contributed by atoms with van der Waals surface area (Å²) in [5.74, 6) is -2.17. The number of nitrogens with zero attached hydrogens (tertiary/aromatic N) is 3. The van der Waals surface area contributed by atoms with Crippen LogP contribution in [0.2, 0.25) is 5.02 Å². The van der Waals surface area contributed by atoms with E-state index in [-0.39, 0.29) is 37.8 Å². The Bertz CT molecular complexity index is 1220. The summed E-state index contributed by atoms with van der Waals surface area (Å²) in [6, 6.07) is 9.40. The Morgan fingerprint density at radius 1 is 1.03 bits per heavy atom. The lowest BCUT2D eigenvalue weighted by atomic mass is 10.2. The lowest BCUT2D eigenvalue weighted by Gasteiger charge is -2.33. The minimum Gasteiger partial charge on any atom is -0.335 e. The van der Waals surface area contributed by atoms with Crippen molar-refractivity contribution in [1.29, 1.82) is 0 Å². The van der Waals surface area contributed by atoms with Crippen molar-refractivity contribution in [1.82, 2.24) is 14.2 Å². The number of rotatable bonds is 4. The fourth-order valence-corrected chi connectivity index (χ4v) is 5.63. The molecule has 162 valence electrons. The first-order valence-corrected chi connectivity index (χ1v) is 11.9. The summed E-state index contributed by atoms with van der Waals surface area (Å²) in [5.41, 5.74) is 1.10. The SMILES string of the molecule is O=C(c1csc(-c2ccc(Cl)cc2)n1)N1CCN(S(=O)(=O)c2cc(F)ccc2F)CC1. The summed E-state index contributed by atoms with van der Waals surface area (Å²) in [4.78, 5) is 18.0. The van der Waals surface area contributed by atoms with Crippen LogP contribution in [0.4, 0.5) is 8.78 Å². The largest absolute Gasteiger partial charge is 0.335 e. The number of piperazine rings is 1. The van der Waals surface area contributed by atoms with Gasteiger partial charge in [0.05, 0.1) is 0 Å². The van der Waals surface area contributed by atoms with E-state index in [4.69, 9.17) is 11.6 Å². The monoisotopic (exact) mass is 483 g/mol. The third-order valence-electron chi connectivity index (χ3n) is 4.85. The summed E-state index contributed by atoms with van der Waals surface area (Å²) in [5, 5.41) is 2.92. The molecule has 0 saturated carbocycles. The second kappa shape index (κ2) is 8.62. The van der Waals surface area contributed by atoms with E-state index in [1.165, 1.54) is 16.2 Å². The van der Waals surface area contributed by atoms with Crippen LogP contribution >= 0.6 is 22.9 Å². The summed E-state index contributed by atoms with van der Waals surface area (Å²) in [7, 11) is -4.21. The van der Waals surface area contributed by atoms with E-state index < -0.39 is 26.6 Å². The quantitative estimate of drug-likeness (QED) is 0.564. The zero-order valence-corrected chi connectivity index (χ0v) is 18.4. The number of sulfonamides is 1. The van der Waals surface area contributed by atoms with Crippen molar-refractivity contribution in [2.24, 2.45) is 0 Å². The molecule has 1 saturated heterocycles. The lowest BCUT2D eigenvalue weighted by Crippen LogP contribution is -2.50. The number of hydrogen-bond donors (Lipinski definition) is 0. The average molecular weight is 484 g/mol. The first-order valence-electron chi connectivity index (χ1n) is 9.21. The number of thiazole rings is 1. The van der Waals surface area contributed by atoms with Crippen molar-refractivity contribution in [2.45, 2.75) is 4.90 Å². The molecule has 1 amide bonds. The van der Waals surface area contributed by atoms with Crippen molar-refractivity contribution in [2.75, 3.05) is 26.2 Å². The van der Waals surface area contributed by atoms with Gasteiger partial charge in [-0.3, -0.25) is 4.79 Å². The molecule has 1 aliphatic heterocycles. The predicted molar refractivity (Wildman–Crippen MR) is 114 cm³/mol. The Kier molecular flexibility index (Phi) is 6.07. The lowest BCUT2D eigenvalue weighted by molar-refractivity contribution is 0.0692. The van der Waals surface area contributed by atoms with Gasteiger partial charge in [-0.15, -0.1) is 11.3 Å². The molecule has 6 nitrogen and oxygen atoms in total. The molecule has 0 atom stereocenters. The molecule has 0 bridgehead atoms. The van der Waals surface area contributed by atoms with Crippen molar-refractivity contribution in [3.63, 3.8) is 0 Å². The van der Waals surface area contributed by atoms with Crippen LogP contribution in [0.15, 0.2) is 52.7 Å². The first-order chi connectivity index (χ1) is 14.8. The van der Waals surface area contributed by atoms with Gasteiger partial charge in [-0.25, -0.2) is 22.2 Å². The zero-order chi connectivity index (χ0) is 22.2. The van der Waals surface area contributed by atoms with Gasteiger partial charge in [-0.05, 0) is 30.3 Å². The molecular formula is C20H16ClF2N3O3S2. The molecule has 1 aliphatic rings. The van der Waals surface area contributed by atoms with Crippen LogP contribution in [0, 0.1) is 11.6 Å². The van der Waals surface area contributed by atoms with E-state index in [1.807, 2.05) is 12.1 Å². The molecule has 0 spiro atoms. The Morgan fingerprint density at radius 2 is 1.71 bits per heavy atom. The van der Waals surface area contributed by atoms with Gasteiger partial charge in [0.15, 0.2) is 0 Å². The van der Waals surface area contributed by atoms with Crippen LogP contribution in [-0.4, -0.2) is 54.7 Å². The number of aromatic nitrogens is 1. The molecule has 0 unspecified atom stereocenters. The summed E-state index contributed by atoms with van der Waals surface area (Å²) in [6.45, 7) is 0.169. The molecule has 0 aliphatic carbocycles. The van der Waals surface area contributed by atoms with E-state index in [1.54, 1.807) is 17.5 Å². The van der Waals surface area contributed by atoms with Crippen LogP contribution in [0.3, 0.4) is 0 Å². The van der Waals surface area contributed by atoms with Crippen molar-refractivity contribution < 1.29 is 22.0 Å². The van der Waals surface area contributed by atoms with E-state index in [0.29, 0.717) is 16.1 Å². The van der Waals surface area contributed by atoms with Crippen LogP contribution in [-0.2, 0) is 10.0 Å². The highest BCUT2D eigenvalue weighted by Crippen LogP contribution is 2.26. The van der Waals surface area contributed by atoms with E-state index in [9.17, 15) is 22.0 Å². The van der Waals surface area contributed by atoms with Gasteiger partial charge >= 0.3 is 0 Å². The summed E-state index contributed by atoms with van der Waals surface area (Å²) in [6.07, 6.45) is 0. The number of benzene rings is 2. The van der Waals surface area contributed by atoms with Crippen LogP contribution in [0.5, 0.6) is 0 Å². The molecule has 31 heavy (non-hydrogen) atoms. The molecule has 11 heteroatoms. The number of carbonyl (C=O) groups is 1. The summed E-state index contributed by atoms with van der Waals surface area (Å²) >= 11 is 7.21. The predicted octanol–water partition coefficient (Wildman–Crippen LogP) is 3.89. The van der Waals surface area contributed by atoms with Crippen LogP contribution in [0.25, 0.3) is 10.6 Å². The topological polar surface area (TPSA) is 70.6 Å². The van der Waals surface area contributed by atoms with Crippen molar-refractivity contribution in [3.05, 3.63) is 70.2 Å². The fraction of sp³-hybridized carbons (Fsp3) is 0.200. The van der Waals surface area contributed by atoms with E-state index >= 15 is 0 Å². The maximum absolute atomic E-state index is 14.0. The van der Waals surface area contributed by atoms with Gasteiger partial charge in [0.2, 0.25) is 10.0 Å². The molecule has 0 N–H and O–H groups in total. The third-order valence-corrected chi connectivity index (χ3v) is 7.91. The summed E-state index contributed by atoms with van der Waals surface area (Å²) < 4.78 is 53.8. The van der Waals surface area contributed by atoms with Gasteiger partial charge in [0, 0.05) is 42.1 Å². The van der Waals surface area contributed by atoms with Gasteiger partial charge < -0.3 is 4.90 Å². The third kappa shape index (κ3) is 4.47. The highest BCUT2D eigenvalue weighted by Gasteiger charge is 2.33. The number of carbonyl (C=O) groups excluding carboxylic acids is 1. The minimum absolute atomic E-state index is 0.0296. The second-order valence-corrected chi connectivity index (χ2v) is 10.0. The standard InChI is InChI=1S/C20H16ClF2N3O3S2/c21-14-3-1-13(2-4-14)19-24-17(12-30-19)20(27)25-7-9-26(10-8-25)31(28,29)18-11-15(22)5-6-16(18)23/h1-6,11-12H,7-10H2. The first kappa shape index (κ1) is 21.8.